The van der Waals surface area contributed by atoms with Gasteiger partial charge in [0.2, 0.25) is 0 Å². The van der Waals surface area contributed by atoms with Crippen LogP contribution in [0.1, 0.15) is 43.5 Å². The summed E-state index contributed by atoms with van der Waals surface area (Å²) in [6.45, 7) is 4.43. The highest BCUT2D eigenvalue weighted by atomic mass is 19.1. The van der Waals surface area contributed by atoms with E-state index in [1.807, 2.05) is 0 Å². The predicted octanol–water partition coefficient (Wildman–Crippen LogP) is 4.09. The van der Waals surface area contributed by atoms with Crippen molar-refractivity contribution in [3.63, 3.8) is 0 Å². The van der Waals surface area contributed by atoms with Crippen molar-refractivity contribution >= 4 is 5.78 Å². The number of ether oxygens (including phenoxy) is 1. The summed E-state index contributed by atoms with van der Waals surface area (Å²) in [5, 5.41) is 0. The maximum Gasteiger partial charge on any atom is 0.166 e. The van der Waals surface area contributed by atoms with Crippen molar-refractivity contribution in [1.29, 1.82) is 0 Å². The van der Waals surface area contributed by atoms with Gasteiger partial charge >= 0.3 is 0 Å². The number of hydrogen-bond donors (Lipinski definition) is 0. The summed E-state index contributed by atoms with van der Waals surface area (Å²) in [5.74, 6) is 1.06. The Morgan fingerprint density at radius 3 is 2.58 bits per heavy atom. The summed E-state index contributed by atoms with van der Waals surface area (Å²) < 4.78 is 18.5. The molecule has 0 amide bonds. The zero-order valence-corrected chi connectivity index (χ0v) is 11.8. The highest BCUT2D eigenvalue weighted by molar-refractivity contribution is 5.98. The summed E-state index contributed by atoms with van der Waals surface area (Å²) in [5.41, 5.74) is 0.463. The maximum absolute atomic E-state index is 13.6. The monoisotopic (exact) mass is 264 g/mol. The summed E-state index contributed by atoms with van der Waals surface area (Å²) in [4.78, 5) is 12.4. The van der Waals surface area contributed by atoms with Gasteiger partial charge in [-0.05, 0) is 49.3 Å². The van der Waals surface area contributed by atoms with Crippen LogP contribution in [-0.2, 0) is 0 Å². The quantitative estimate of drug-likeness (QED) is 0.769. The molecule has 1 aromatic rings. The van der Waals surface area contributed by atoms with Gasteiger partial charge in [0.15, 0.2) is 17.3 Å². The molecular weight excluding hydrogens is 243 g/mol. The van der Waals surface area contributed by atoms with Gasteiger partial charge in [-0.2, -0.15) is 0 Å². The minimum Gasteiger partial charge on any atom is -0.494 e. The molecule has 3 unspecified atom stereocenters. The average molecular weight is 264 g/mol. The van der Waals surface area contributed by atoms with Crippen LogP contribution in [0.3, 0.4) is 0 Å². The van der Waals surface area contributed by atoms with E-state index in [1.165, 1.54) is 19.2 Å². The molecule has 0 aliphatic heterocycles. The third kappa shape index (κ3) is 2.96. The van der Waals surface area contributed by atoms with Crippen molar-refractivity contribution in [2.75, 3.05) is 7.11 Å². The molecule has 0 radical (unpaired) electrons. The number of ketones is 1. The number of hydrogen-bond acceptors (Lipinski definition) is 2. The van der Waals surface area contributed by atoms with E-state index >= 15 is 0 Å². The van der Waals surface area contributed by atoms with Crippen LogP contribution in [0, 0.1) is 23.6 Å². The van der Waals surface area contributed by atoms with Gasteiger partial charge in [0, 0.05) is 11.5 Å². The predicted molar refractivity (Wildman–Crippen MR) is 73.0 cm³/mol. The smallest absolute Gasteiger partial charge is 0.166 e. The molecule has 1 aliphatic carbocycles. The molecule has 19 heavy (non-hydrogen) atoms. The van der Waals surface area contributed by atoms with Crippen LogP contribution in [0.4, 0.5) is 4.39 Å². The molecule has 104 valence electrons. The highest BCUT2D eigenvalue weighted by Crippen LogP contribution is 2.35. The van der Waals surface area contributed by atoms with Crippen molar-refractivity contribution < 1.29 is 13.9 Å². The van der Waals surface area contributed by atoms with Gasteiger partial charge in [0.05, 0.1) is 7.11 Å². The largest absolute Gasteiger partial charge is 0.494 e. The number of carbonyl (C=O) groups is 1. The molecule has 1 fully saturated rings. The molecule has 1 saturated carbocycles. The first-order chi connectivity index (χ1) is 9.02. The third-order valence-electron chi connectivity index (χ3n) is 4.41. The fraction of sp³-hybridized carbons (Fsp3) is 0.562. The molecule has 3 heteroatoms. The number of carbonyl (C=O) groups excluding carboxylic acids is 1. The zero-order chi connectivity index (χ0) is 14.0. The van der Waals surface area contributed by atoms with E-state index in [9.17, 15) is 9.18 Å². The first-order valence-electron chi connectivity index (χ1n) is 6.90. The van der Waals surface area contributed by atoms with Crippen LogP contribution < -0.4 is 4.74 Å². The van der Waals surface area contributed by atoms with E-state index in [0.717, 1.165) is 19.3 Å². The van der Waals surface area contributed by atoms with Crippen LogP contribution in [0.15, 0.2) is 18.2 Å². The summed E-state index contributed by atoms with van der Waals surface area (Å²) in [6.07, 6.45) is 2.90. The second-order valence-corrected chi connectivity index (χ2v) is 5.68. The number of Topliss-reactive ketones (excluding diaryl/α,β-unsaturated/α-hetero) is 1. The van der Waals surface area contributed by atoms with Gasteiger partial charge < -0.3 is 4.74 Å². The number of methoxy groups -OCH3 is 1. The van der Waals surface area contributed by atoms with Gasteiger partial charge in [-0.25, -0.2) is 4.39 Å². The molecule has 2 nitrogen and oxygen atoms in total. The summed E-state index contributed by atoms with van der Waals surface area (Å²) in [7, 11) is 1.42. The fourth-order valence-corrected chi connectivity index (χ4v) is 2.84. The van der Waals surface area contributed by atoms with Crippen molar-refractivity contribution in [2.24, 2.45) is 17.8 Å². The van der Waals surface area contributed by atoms with Gasteiger partial charge in [-0.15, -0.1) is 0 Å². The Hall–Kier alpha value is -1.38. The van der Waals surface area contributed by atoms with E-state index in [2.05, 4.69) is 13.8 Å². The lowest BCUT2D eigenvalue weighted by Gasteiger charge is -2.31. The summed E-state index contributed by atoms with van der Waals surface area (Å²) >= 11 is 0. The standard InChI is InChI=1S/C16H21FO2/c1-10-4-5-12(8-11(10)2)16(18)13-6-7-15(19-3)14(17)9-13/h6-7,9-12H,4-5,8H2,1-3H3. The van der Waals surface area contributed by atoms with Gasteiger partial charge in [0.1, 0.15) is 0 Å². The lowest BCUT2D eigenvalue weighted by Crippen LogP contribution is -2.26. The average Bonchev–Trinajstić information content (AvgIpc) is 2.41. The molecule has 3 atom stereocenters. The van der Waals surface area contributed by atoms with Gasteiger partial charge in [0.25, 0.3) is 0 Å². The van der Waals surface area contributed by atoms with Crippen molar-refractivity contribution in [3.8, 4) is 5.75 Å². The first-order valence-corrected chi connectivity index (χ1v) is 6.90. The number of halogens is 1. The fourth-order valence-electron chi connectivity index (χ4n) is 2.84. The molecule has 2 rings (SSSR count). The van der Waals surface area contributed by atoms with E-state index < -0.39 is 5.82 Å². The normalized spacial score (nSPS) is 27.1. The second kappa shape index (κ2) is 5.72. The zero-order valence-electron chi connectivity index (χ0n) is 11.8. The van der Waals surface area contributed by atoms with Crippen molar-refractivity contribution in [2.45, 2.75) is 33.1 Å². The molecule has 0 aromatic heterocycles. The molecule has 0 spiro atoms. The molecule has 0 bridgehead atoms. The minimum absolute atomic E-state index is 0.0407. The lowest BCUT2D eigenvalue weighted by atomic mass is 9.73. The van der Waals surface area contributed by atoms with Crippen LogP contribution in [0.25, 0.3) is 0 Å². The van der Waals surface area contributed by atoms with Crippen LogP contribution in [-0.4, -0.2) is 12.9 Å². The molecule has 0 saturated heterocycles. The van der Waals surface area contributed by atoms with Crippen LogP contribution in [0.2, 0.25) is 0 Å². The number of rotatable bonds is 3. The van der Waals surface area contributed by atoms with Crippen molar-refractivity contribution in [3.05, 3.63) is 29.6 Å². The Kier molecular flexibility index (Phi) is 4.23. The third-order valence-corrected chi connectivity index (χ3v) is 4.41. The molecule has 0 N–H and O–H groups in total. The van der Waals surface area contributed by atoms with E-state index in [4.69, 9.17) is 4.74 Å². The van der Waals surface area contributed by atoms with Gasteiger partial charge in [-0.1, -0.05) is 13.8 Å². The highest BCUT2D eigenvalue weighted by Gasteiger charge is 2.29. The Morgan fingerprint density at radius 2 is 2.00 bits per heavy atom. The van der Waals surface area contributed by atoms with Crippen LogP contribution >= 0.6 is 0 Å². The van der Waals surface area contributed by atoms with E-state index in [1.54, 1.807) is 6.07 Å². The van der Waals surface area contributed by atoms with Crippen molar-refractivity contribution in [1.82, 2.24) is 0 Å². The maximum atomic E-state index is 13.6. The summed E-state index contributed by atoms with van der Waals surface area (Å²) in [6, 6.07) is 4.48. The Balaban J connectivity index is 2.13. The number of benzene rings is 1. The second-order valence-electron chi connectivity index (χ2n) is 5.68. The van der Waals surface area contributed by atoms with Crippen LogP contribution in [0.5, 0.6) is 5.75 Å². The Morgan fingerprint density at radius 1 is 1.26 bits per heavy atom. The Bertz CT molecular complexity index is 470. The Labute approximate surface area is 114 Å². The molecular formula is C16H21FO2. The van der Waals surface area contributed by atoms with E-state index in [0.29, 0.717) is 17.4 Å². The van der Waals surface area contributed by atoms with E-state index in [-0.39, 0.29) is 17.5 Å². The molecule has 0 heterocycles. The molecule has 1 aromatic carbocycles. The topological polar surface area (TPSA) is 26.3 Å². The first kappa shape index (κ1) is 14.0. The lowest BCUT2D eigenvalue weighted by molar-refractivity contribution is 0.0837. The minimum atomic E-state index is -0.467. The SMILES string of the molecule is COc1ccc(C(=O)C2CCC(C)C(C)C2)cc1F. The molecule has 1 aliphatic rings. The van der Waals surface area contributed by atoms with Gasteiger partial charge in [-0.3, -0.25) is 4.79 Å².